The lowest BCUT2D eigenvalue weighted by molar-refractivity contribution is 0.967. The Morgan fingerprint density at radius 3 is 2.55 bits per heavy atom. The molecule has 0 atom stereocenters. The monoisotopic (exact) mass is 283 g/mol. The molecule has 0 fully saturated rings. The van der Waals surface area contributed by atoms with E-state index in [1.807, 2.05) is 30.3 Å². The number of nitrogens with one attached hydrogen (secondary N) is 1. The first-order valence-corrected chi connectivity index (χ1v) is 7.59. The molecule has 0 aliphatic rings. The van der Waals surface area contributed by atoms with Gasteiger partial charge in [0.1, 0.15) is 16.5 Å². The number of para-hydroxylation sites is 1. The van der Waals surface area contributed by atoms with Crippen molar-refractivity contribution in [3.63, 3.8) is 0 Å². The fraction of sp³-hybridized carbons (Fsp3) is 0.250. The summed E-state index contributed by atoms with van der Waals surface area (Å²) in [5.41, 5.74) is 2.32. The van der Waals surface area contributed by atoms with Crippen molar-refractivity contribution in [2.24, 2.45) is 0 Å². The Balaban J connectivity index is 2.17. The fourth-order valence-corrected chi connectivity index (χ4v) is 3.25. The van der Waals surface area contributed by atoms with Crippen molar-refractivity contribution in [1.29, 1.82) is 0 Å². The Hall–Kier alpha value is -1.94. The quantitative estimate of drug-likeness (QED) is 0.762. The van der Waals surface area contributed by atoms with Gasteiger partial charge in [-0.1, -0.05) is 25.1 Å². The van der Waals surface area contributed by atoms with E-state index in [0.717, 1.165) is 34.0 Å². The molecule has 1 aromatic carbocycles. The van der Waals surface area contributed by atoms with Gasteiger partial charge in [0.25, 0.3) is 0 Å². The van der Waals surface area contributed by atoms with E-state index in [4.69, 9.17) is 0 Å². The minimum absolute atomic E-state index is 0.843. The lowest BCUT2D eigenvalue weighted by Gasteiger charge is -2.09. The van der Waals surface area contributed by atoms with Crippen molar-refractivity contribution in [3.8, 4) is 0 Å². The number of nitrogens with zero attached hydrogens (tertiary/aromatic N) is 2. The largest absolute Gasteiger partial charge is 0.340 e. The van der Waals surface area contributed by atoms with Crippen LogP contribution in [0.15, 0.2) is 30.3 Å². The third kappa shape index (κ3) is 2.27. The van der Waals surface area contributed by atoms with E-state index in [2.05, 4.69) is 36.1 Å². The Labute approximate surface area is 122 Å². The molecule has 3 aromatic rings. The number of benzene rings is 1. The van der Waals surface area contributed by atoms with Crippen LogP contribution in [0.2, 0.25) is 0 Å². The molecular weight excluding hydrogens is 266 g/mol. The third-order valence-electron chi connectivity index (χ3n) is 3.43. The Kier molecular flexibility index (Phi) is 3.40. The zero-order chi connectivity index (χ0) is 14.1. The van der Waals surface area contributed by atoms with Crippen LogP contribution in [-0.2, 0) is 6.42 Å². The molecule has 0 saturated carbocycles. The van der Waals surface area contributed by atoms with Crippen LogP contribution in [-0.4, -0.2) is 9.97 Å². The number of rotatable bonds is 3. The standard InChI is InChI=1S/C16H17N3S/c1-4-13-18-15(17-12-8-6-5-7-9-12)14-10(2)11(3)20-16(14)19-13/h5-9H,4H2,1-3H3,(H,17,18,19). The van der Waals surface area contributed by atoms with Crippen LogP contribution >= 0.6 is 11.3 Å². The van der Waals surface area contributed by atoms with Crippen molar-refractivity contribution in [2.45, 2.75) is 27.2 Å². The molecule has 1 N–H and O–H groups in total. The first kappa shape index (κ1) is 13.1. The molecule has 2 heterocycles. The summed E-state index contributed by atoms with van der Waals surface area (Å²) in [7, 11) is 0. The van der Waals surface area contributed by atoms with Crippen molar-refractivity contribution in [2.75, 3.05) is 5.32 Å². The van der Waals surface area contributed by atoms with Crippen molar-refractivity contribution in [3.05, 3.63) is 46.6 Å². The van der Waals surface area contributed by atoms with E-state index in [1.165, 1.54) is 10.4 Å². The van der Waals surface area contributed by atoms with Gasteiger partial charge in [0.2, 0.25) is 0 Å². The summed E-state index contributed by atoms with van der Waals surface area (Å²) in [5, 5.41) is 4.58. The van der Waals surface area contributed by atoms with Crippen molar-refractivity contribution < 1.29 is 0 Å². The molecule has 0 amide bonds. The molecule has 0 unspecified atom stereocenters. The molecule has 2 aromatic heterocycles. The van der Waals surface area contributed by atoms with Crippen LogP contribution in [0.1, 0.15) is 23.2 Å². The highest BCUT2D eigenvalue weighted by Crippen LogP contribution is 2.34. The third-order valence-corrected chi connectivity index (χ3v) is 4.53. The number of fused-ring (bicyclic) bond motifs is 1. The molecule has 0 bridgehead atoms. The molecule has 102 valence electrons. The van der Waals surface area contributed by atoms with E-state index >= 15 is 0 Å². The van der Waals surface area contributed by atoms with Crippen molar-refractivity contribution >= 4 is 33.1 Å². The second-order valence-corrected chi connectivity index (χ2v) is 6.00. The average molecular weight is 283 g/mol. The summed E-state index contributed by atoms with van der Waals surface area (Å²) in [6, 6.07) is 10.2. The molecule has 20 heavy (non-hydrogen) atoms. The lowest BCUT2D eigenvalue weighted by Crippen LogP contribution is -2.00. The number of aromatic nitrogens is 2. The maximum absolute atomic E-state index is 4.67. The fourth-order valence-electron chi connectivity index (χ4n) is 2.20. The number of hydrogen-bond donors (Lipinski definition) is 1. The topological polar surface area (TPSA) is 37.8 Å². The highest BCUT2D eigenvalue weighted by molar-refractivity contribution is 7.18. The van der Waals surface area contributed by atoms with Gasteiger partial charge >= 0.3 is 0 Å². The second kappa shape index (κ2) is 5.21. The van der Waals surface area contributed by atoms with Crippen LogP contribution in [0.4, 0.5) is 11.5 Å². The second-order valence-electron chi connectivity index (χ2n) is 4.80. The molecule has 0 radical (unpaired) electrons. The number of anilines is 2. The summed E-state index contributed by atoms with van der Waals surface area (Å²) >= 11 is 1.74. The van der Waals surface area contributed by atoms with Gasteiger partial charge in [0.05, 0.1) is 5.39 Å². The number of thiophene rings is 1. The van der Waals surface area contributed by atoms with Gasteiger partial charge < -0.3 is 5.32 Å². The summed E-state index contributed by atoms with van der Waals surface area (Å²) in [4.78, 5) is 11.7. The van der Waals surface area contributed by atoms with Crippen LogP contribution < -0.4 is 5.32 Å². The molecule has 0 aliphatic carbocycles. The molecule has 0 saturated heterocycles. The normalized spacial score (nSPS) is 10.9. The minimum atomic E-state index is 0.843. The maximum Gasteiger partial charge on any atom is 0.143 e. The van der Waals surface area contributed by atoms with E-state index in [1.54, 1.807) is 11.3 Å². The number of aryl methyl sites for hydroxylation is 3. The van der Waals surface area contributed by atoms with Crippen LogP contribution in [0.5, 0.6) is 0 Å². The van der Waals surface area contributed by atoms with Crippen LogP contribution in [0.3, 0.4) is 0 Å². The van der Waals surface area contributed by atoms with Gasteiger partial charge in [-0.2, -0.15) is 0 Å². The molecule has 0 spiro atoms. The maximum atomic E-state index is 4.67. The SMILES string of the molecule is CCc1nc(Nc2ccccc2)c2c(C)c(C)sc2n1. The predicted octanol–water partition coefficient (Wildman–Crippen LogP) is 4.61. The van der Waals surface area contributed by atoms with Gasteiger partial charge in [-0.15, -0.1) is 11.3 Å². The smallest absolute Gasteiger partial charge is 0.143 e. The highest BCUT2D eigenvalue weighted by atomic mass is 32.1. The predicted molar refractivity (Wildman–Crippen MR) is 86.0 cm³/mol. The van der Waals surface area contributed by atoms with E-state index in [9.17, 15) is 0 Å². The van der Waals surface area contributed by atoms with E-state index in [-0.39, 0.29) is 0 Å². The molecule has 4 heteroatoms. The van der Waals surface area contributed by atoms with Gasteiger partial charge in [-0.3, -0.25) is 0 Å². The van der Waals surface area contributed by atoms with Crippen LogP contribution in [0, 0.1) is 13.8 Å². The van der Waals surface area contributed by atoms with E-state index < -0.39 is 0 Å². The summed E-state index contributed by atoms with van der Waals surface area (Å²) in [5.74, 6) is 1.80. The molecule has 3 rings (SSSR count). The van der Waals surface area contributed by atoms with Crippen LogP contribution in [0.25, 0.3) is 10.2 Å². The minimum Gasteiger partial charge on any atom is -0.340 e. The Morgan fingerprint density at radius 2 is 1.85 bits per heavy atom. The summed E-state index contributed by atoms with van der Waals surface area (Å²) in [6.45, 7) is 6.36. The van der Waals surface area contributed by atoms with E-state index in [0.29, 0.717) is 0 Å². The summed E-state index contributed by atoms with van der Waals surface area (Å²) in [6.07, 6.45) is 0.843. The lowest BCUT2D eigenvalue weighted by atomic mass is 10.2. The zero-order valence-electron chi connectivity index (χ0n) is 11.9. The van der Waals surface area contributed by atoms with Crippen molar-refractivity contribution in [1.82, 2.24) is 9.97 Å². The molecular formula is C16H17N3S. The first-order valence-electron chi connectivity index (χ1n) is 6.77. The molecule has 0 aliphatic heterocycles. The van der Waals surface area contributed by atoms with Gasteiger partial charge in [0, 0.05) is 17.0 Å². The van der Waals surface area contributed by atoms with Gasteiger partial charge in [0.15, 0.2) is 0 Å². The van der Waals surface area contributed by atoms with Gasteiger partial charge in [-0.05, 0) is 31.5 Å². The Morgan fingerprint density at radius 1 is 1.10 bits per heavy atom. The number of hydrogen-bond acceptors (Lipinski definition) is 4. The zero-order valence-corrected chi connectivity index (χ0v) is 12.7. The molecule has 3 nitrogen and oxygen atoms in total. The summed E-state index contributed by atoms with van der Waals surface area (Å²) < 4.78 is 0. The first-order chi connectivity index (χ1) is 9.69. The Bertz CT molecular complexity index is 747. The highest BCUT2D eigenvalue weighted by Gasteiger charge is 2.14. The van der Waals surface area contributed by atoms with Gasteiger partial charge in [-0.25, -0.2) is 9.97 Å². The average Bonchev–Trinajstić information content (AvgIpc) is 2.75.